The molecule has 0 aliphatic rings. The van der Waals surface area contributed by atoms with Crippen LogP contribution in [0.1, 0.15) is 10.4 Å². The molecular weight excluding hydrogens is 328 g/mol. The van der Waals surface area contributed by atoms with Crippen LogP contribution in [-0.2, 0) is 0 Å². The van der Waals surface area contributed by atoms with Gasteiger partial charge in [-0.05, 0) is 24.3 Å². The Balaban J connectivity index is 2.28. The summed E-state index contributed by atoms with van der Waals surface area (Å²) >= 11 is 0. The summed E-state index contributed by atoms with van der Waals surface area (Å²) in [7, 11) is 1.25. The first-order chi connectivity index (χ1) is 11.4. The molecule has 1 N–H and O–H groups in total. The molecule has 0 aliphatic heterocycles. The number of hydrogen-bond donors (Lipinski definition) is 1. The van der Waals surface area contributed by atoms with Crippen molar-refractivity contribution in [3.05, 3.63) is 52.2 Å². The van der Waals surface area contributed by atoms with Gasteiger partial charge in [0.15, 0.2) is 17.3 Å². The van der Waals surface area contributed by atoms with E-state index < -0.39 is 23.1 Å². The van der Waals surface area contributed by atoms with E-state index in [2.05, 4.69) is 15.0 Å². The standard InChI is InChI=1S/C14H11F2N3O5/c1-23-10-5-4-8(7-9(10)19(21)22)13(20)18-12-11(24-14(15)16)3-2-6-17-12/h2-7,14H,1H3,(H,17,18,20). The number of hydrogen-bond acceptors (Lipinski definition) is 6. The Hall–Kier alpha value is -3.30. The number of nitro groups is 1. The SMILES string of the molecule is COc1ccc(C(=O)Nc2ncccc2OC(F)F)cc1[N+](=O)[O-]. The number of nitrogens with one attached hydrogen (secondary N) is 1. The molecule has 0 radical (unpaired) electrons. The fraction of sp³-hybridized carbons (Fsp3) is 0.143. The number of methoxy groups -OCH3 is 1. The molecule has 2 aromatic rings. The number of benzene rings is 1. The van der Waals surface area contributed by atoms with E-state index in [1.165, 1.54) is 37.6 Å². The van der Waals surface area contributed by atoms with Gasteiger partial charge in [-0.3, -0.25) is 14.9 Å². The van der Waals surface area contributed by atoms with Gasteiger partial charge in [0.1, 0.15) is 0 Å². The monoisotopic (exact) mass is 339 g/mol. The number of alkyl halides is 2. The largest absolute Gasteiger partial charge is 0.490 e. The van der Waals surface area contributed by atoms with Crippen LogP contribution in [0, 0.1) is 10.1 Å². The Bertz CT molecular complexity index is 770. The molecule has 0 saturated carbocycles. The zero-order valence-electron chi connectivity index (χ0n) is 12.2. The molecule has 2 rings (SSSR count). The van der Waals surface area contributed by atoms with Gasteiger partial charge in [-0.25, -0.2) is 4.98 Å². The van der Waals surface area contributed by atoms with Crippen molar-refractivity contribution in [2.75, 3.05) is 12.4 Å². The minimum atomic E-state index is -3.09. The van der Waals surface area contributed by atoms with Gasteiger partial charge < -0.3 is 14.8 Å². The van der Waals surface area contributed by atoms with E-state index in [-0.39, 0.29) is 22.9 Å². The predicted octanol–water partition coefficient (Wildman–Crippen LogP) is 2.85. The van der Waals surface area contributed by atoms with E-state index in [1.807, 2.05) is 0 Å². The number of pyridine rings is 1. The zero-order valence-corrected chi connectivity index (χ0v) is 12.2. The molecular formula is C14H11F2N3O5. The number of amides is 1. The predicted molar refractivity (Wildman–Crippen MR) is 78.5 cm³/mol. The summed E-state index contributed by atoms with van der Waals surface area (Å²) in [5, 5.41) is 13.2. The number of halogens is 2. The van der Waals surface area contributed by atoms with Crippen molar-refractivity contribution < 1.29 is 28.0 Å². The minimum Gasteiger partial charge on any atom is -0.490 e. The van der Waals surface area contributed by atoms with Gasteiger partial charge in [0.2, 0.25) is 0 Å². The van der Waals surface area contributed by atoms with Crippen molar-refractivity contribution in [3.63, 3.8) is 0 Å². The number of aromatic nitrogens is 1. The molecule has 0 spiro atoms. The Morgan fingerprint density at radius 3 is 2.71 bits per heavy atom. The number of anilines is 1. The molecule has 0 fully saturated rings. The lowest BCUT2D eigenvalue weighted by Gasteiger charge is -2.10. The van der Waals surface area contributed by atoms with E-state index in [9.17, 15) is 23.7 Å². The summed E-state index contributed by atoms with van der Waals surface area (Å²) < 4.78 is 33.7. The molecule has 24 heavy (non-hydrogen) atoms. The molecule has 8 nitrogen and oxygen atoms in total. The van der Waals surface area contributed by atoms with Crippen molar-refractivity contribution in [2.45, 2.75) is 6.61 Å². The maximum absolute atomic E-state index is 12.3. The second kappa shape index (κ2) is 7.31. The molecule has 10 heteroatoms. The normalized spacial score (nSPS) is 10.3. The Labute approximate surface area is 134 Å². The fourth-order valence-corrected chi connectivity index (χ4v) is 1.83. The lowest BCUT2D eigenvalue weighted by molar-refractivity contribution is -0.385. The molecule has 0 saturated heterocycles. The van der Waals surface area contributed by atoms with Gasteiger partial charge >= 0.3 is 12.3 Å². The first kappa shape index (κ1) is 17.1. The Morgan fingerprint density at radius 1 is 1.33 bits per heavy atom. The summed E-state index contributed by atoms with van der Waals surface area (Å²) in [4.78, 5) is 26.2. The number of carbonyl (C=O) groups excluding carboxylic acids is 1. The quantitative estimate of drug-likeness (QED) is 0.641. The molecule has 0 aliphatic carbocycles. The topological polar surface area (TPSA) is 104 Å². The highest BCUT2D eigenvalue weighted by Gasteiger charge is 2.19. The minimum absolute atomic E-state index is 0.0175. The van der Waals surface area contributed by atoms with Crippen LogP contribution >= 0.6 is 0 Å². The lowest BCUT2D eigenvalue weighted by atomic mass is 10.1. The first-order valence-corrected chi connectivity index (χ1v) is 6.46. The molecule has 0 atom stereocenters. The van der Waals surface area contributed by atoms with Crippen LogP contribution in [0.15, 0.2) is 36.5 Å². The summed E-state index contributed by atoms with van der Waals surface area (Å²) in [6.45, 7) is -3.09. The third-order valence-electron chi connectivity index (χ3n) is 2.86. The number of rotatable bonds is 6. The average Bonchev–Trinajstić information content (AvgIpc) is 2.55. The van der Waals surface area contributed by atoms with E-state index in [1.54, 1.807) is 0 Å². The number of nitro benzene ring substituents is 1. The molecule has 1 aromatic carbocycles. The Kier molecular flexibility index (Phi) is 5.20. The van der Waals surface area contributed by atoms with Crippen LogP contribution in [0.4, 0.5) is 20.3 Å². The zero-order chi connectivity index (χ0) is 17.7. The maximum Gasteiger partial charge on any atom is 0.387 e. The summed E-state index contributed by atoms with van der Waals surface area (Å²) in [5.74, 6) is -1.36. The highest BCUT2D eigenvalue weighted by molar-refractivity contribution is 6.05. The van der Waals surface area contributed by atoms with Crippen molar-refractivity contribution in [1.29, 1.82) is 0 Å². The van der Waals surface area contributed by atoms with Gasteiger partial charge in [-0.1, -0.05) is 0 Å². The van der Waals surface area contributed by atoms with E-state index >= 15 is 0 Å². The van der Waals surface area contributed by atoms with Gasteiger partial charge in [-0.15, -0.1) is 0 Å². The maximum atomic E-state index is 12.3. The van der Waals surface area contributed by atoms with Crippen molar-refractivity contribution >= 4 is 17.4 Å². The van der Waals surface area contributed by atoms with Crippen LogP contribution < -0.4 is 14.8 Å². The van der Waals surface area contributed by atoms with Crippen molar-refractivity contribution in [2.24, 2.45) is 0 Å². The number of nitrogens with zero attached hydrogens (tertiary/aromatic N) is 2. The second-order valence-corrected chi connectivity index (χ2v) is 4.33. The van der Waals surface area contributed by atoms with E-state index in [0.717, 1.165) is 6.07 Å². The lowest BCUT2D eigenvalue weighted by Crippen LogP contribution is -2.15. The van der Waals surface area contributed by atoms with Crippen LogP contribution in [0.3, 0.4) is 0 Å². The fourth-order valence-electron chi connectivity index (χ4n) is 1.83. The van der Waals surface area contributed by atoms with Gasteiger partial charge in [0, 0.05) is 17.8 Å². The van der Waals surface area contributed by atoms with Crippen molar-refractivity contribution in [1.82, 2.24) is 4.98 Å². The van der Waals surface area contributed by atoms with E-state index in [4.69, 9.17) is 4.74 Å². The van der Waals surface area contributed by atoms with Gasteiger partial charge in [0.05, 0.1) is 12.0 Å². The van der Waals surface area contributed by atoms with Crippen LogP contribution in [-0.4, -0.2) is 29.5 Å². The van der Waals surface area contributed by atoms with Gasteiger partial charge in [-0.2, -0.15) is 8.78 Å². The smallest absolute Gasteiger partial charge is 0.387 e. The van der Waals surface area contributed by atoms with Crippen LogP contribution in [0.25, 0.3) is 0 Å². The molecule has 0 bridgehead atoms. The third kappa shape index (κ3) is 3.91. The average molecular weight is 339 g/mol. The third-order valence-corrected chi connectivity index (χ3v) is 2.86. The highest BCUT2D eigenvalue weighted by atomic mass is 19.3. The van der Waals surface area contributed by atoms with Crippen LogP contribution in [0.2, 0.25) is 0 Å². The number of carbonyl (C=O) groups is 1. The summed E-state index contributed by atoms with van der Waals surface area (Å²) in [5.41, 5.74) is -0.480. The van der Waals surface area contributed by atoms with Crippen LogP contribution in [0.5, 0.6) is 11.5 Å². The summed E-state index contributed by atoms with van der Waals surface area (Å²) in [6.07, 6.45) is 1.27. The summed E-state index contributed by atoms with van der Waals surface area (Å²) in [6, 6.07) is 6.10. The van der Waals surface area contributed by atoms with Crippen molar-refractivity contribution in [3.8, 4) is 11.5 Å². The first-order valence-electron chi connectivity index (χ1n) is 6.46. The molecule has 0 unspecified atom stereocenters. The Morgan fingerprint density at radius 2 is 2.08 bits per heavy atom. The molecule has 126 valence electrons. The molecule has 1 aromatic heterocycles. The molecule has 1 amide bonds. The molecule has 1 heterocycles. The highest BCUT2D eigenvalue weighted by Crippen LogP contribution is 2.28. The van der Waals surface area contributed by atoms with Gasteiger partial charge in [0.25, 0.3) is 5.91 Å². The number of ether oxygens (including phenoxy) is 2. The van der Waals surface area contributed by atoms with E-state index in [0.29, 0.717) is 0 Å². The second-order valence-electron chi connectivity index (χ2n) is 4.33.